The van der Waals surface area contributed by atoms with Gasteiger partial charge in [0, 0.05) is 25.3 Å². The van der Waals surface area contributed by atoms with Gasteiger partial charge in [0.05, 0.1) is 4.90 Å². The number of likely N-dealkylation sites (tertiary alicyclic amines) is 1. The Bertz CT molecular complexity index is 644. The molecule has 1 aromatic rings. The van der Waals surface area contributed by atoms with Gasteiger partial charge in [0.15, 0.2) is 0 Å². The molecule has 130 valence electrons. The summed E-state index contributed by atoms with van der Waals surface area (Å²) in [6.07, 6.45) is 0.955. The number of rotatable bonds is 3. The molecule has 8 heteroatoms. The smallest absolute Gasteiger partial charge is 0.371 e. The molecular weight excluding hydrogens is 329 g/mol. The lowest BCUT2D eigenvalue weighted by Crippen LogP contribution is -2.47. The first-order valence-electron chi connectivity index (χ1n) is 7.37. The normalized spacial score (nSPS) is 23.7. The van der Waals surface area contributed by atoms with Gasteiger partial charge in [0.25, 0.3) is 9.84 Å². The van der Waals surface area contributed by atoms with Gasteiger partial charge in [0.2, 0.25) is 0 Å². The van der Waals surface area contributed by atoms with E-state index in [-0.39, 0.29) is 6.04 Å². The summed E-state index contributed by atoms with van der Waals surface area (Å²) in [5.41, 5.74) is -4.56. The van der Waals surface area contributed by atoms with E-state index in [1.54, 1.807) is 0 Å². The third-order valence-electron chi connectivity index (χ3n) is 4.42. The average Bonchev–Trinajstić information content (AvgIpc) is 2.45. The second-order valence-corrected chi connectivity index (χ2v) is 8.09. The average molecular weight is 350 g/mol. The fourth-order valence-electron chi connectivity index (χ4n) is 3.10. The molecule has 0 saturated carbocycles. The number of alkyl halides is 3. The predicted octanol–water partition coefficient (Wildman–Crippen LogP) is 2.76. The SMILES string of the molecule is C[C@H]1CN(C)CC[C@@H]1N(C)c1ccc(S(=O)(=O)C(F)(F)F)cc1. The summed E-state index contributed by atoms with van der Waals surface area (Å²) in [6.45, 7) is 4.05. The Morgan fingerprint density at radius 3 is 2.26 bits per heavy atom. The minimum atomic E-state index is -5.29. The minimum Gasteiger partial charge on any atom is -0.371 e. The number of hydrogen-bond donors (Lipinski definition) is 0. The maximum atomic E-state index is 12.6. The Hall–Kier alpha value is -1.28. The number of hydrogen-bond acceptors (Lipinski definition) is 4. The zero-order valence-electron chi connectivity index (χ0n) is 13.3. The summed E-state index contributed by atoms with van der Waals surface area (Å²) in [5.74, 6) is 0.414. The van der Waals surface area contributed by atoms with Gasteiger partial charge in [-0.25, -0.2) is 8.42 Å². The fourth-order valence-corrected chi connectivity index (χ4v) is 3.86. The van der Waals surface area contributed by atoms with Crippen LogP contribution in [0.4, 0.5) is 18.9 Å². The first-order chi connectivity index (χ1) is 10.5. The highest BCUT2D eigenvalue weighted by molar-refractivity contribution is 7.92. The van der Waals surface area contributed by atoms with Crippen LogP contribution in [0.25, 0.3) is 0 Å². The minimum absolute atomic E-state index is 0.274. The molecule has 1 aromatic carbocycles. The van der Waals surface area contributed by atoms with E-state index in [4.69, 9.17) is 0 Å². The molecule has 0 N–H and O–H groups in total. The van der Waals surface area contributed by atoms with Crippen LogP contribution < -0.4 is 4.90 Å². The van der Waals surface area contributed by atoms with Crippen molar-refractivity contribution in [2.75, 3.05) is 32.1 Å². The van der Waals surface area contributed by atoms with Crippen molar-refractivity contribution in [3.8, 4) is 0 Å². The van der Waals surface area contributed by atoms with Crippen LogP contribution in [0.5, 0.6) is 0 Å². The van der Waals surface area contributed by atoms with Gasteiger partial charge < -0.3 is 9.80 Å². The van der Waals surface area contributed by atoms with E-state index in [2.05, 4.69) is 18.9 Å². The predicted molar refractivity (Wildman–Crippen MR) is 83.2 cm³/mol. The Labute approximate surface area is 134 Å². The van der Waals surface area contributed by atoms with E-state index in [9.17, 15) is 21.6 Å². The second-order valence-electron chi connectivity index (χ2n) is 6.15. The fraction of sp³-hybridized carbons (Fsp3) is 0.600. The van der Waals surface area contributed by atoms with Crippen LogP contribution in [0.1, 0.15) is 13.3 Å². The number of sulfone groups is 1. The Morgan fingerprint density at radius 2 is 1.78 bits per heavy atom. The molecule has 1 fully saturated rings. The quantitative estimate of drug-likeness (QED) is 0.841. The highest BCUT2D eigenvalue weighted by atomic mass is 32.2. The molecule has 1 aliphatic rings. The van der Waals surface area contributed by atoms with Gasteiger partial charge in [-0.15, -0.1) is 0 Å². The summed E-state index contributed by atoms with van der Waals surface area (Å²) in [7, 11) is -1.34. The molecule has 0 aromatic heterocycles. The van der Waals surface area contributed by atoms with Crippen LogP contribution in [-0.2, 0) is 9.84 Å². The number of halogens is 3. The lowest BCUT2D eigenvalue weighted by atomic mass is 9.92. The molecule has 1 saturated heterocycles. The monoisotopic (exact) mass is 350 g/mol. The number of piperidine rings is 1. The molecule has 1 heterocycles. The molecule has 0 aliphatic carbocycles. The van der Waals surface area contributed by atoms with Gasteiger partial charge in [-0.05, 0) is 50.2 Å². The second kappa shape index (κ2) is 6.32. The van der Waals surface area contributed by atoms with Crippen molar-refractivity contribution in [2.45, 2.75) is 29.8 Å². The molecule has 0 amide bonds. The van der Waals surface area contributed by atoms with Gasteiger partial charge in [-0.1, -0.05) is 6.92 Å². The highest BCUT2D eigenvalue weighted by Gasteiger charge is 2.46. The summed E-state index contributed by atoms with van der Waals surface area (Å²) in [4.78, 5) is 3.54. The van der Waals surface area contributed by atoms with Crippen LogP contribution >= 0.6 is 0 Å². The molecule has 0 bridgehead atoms. The Kier molecular flexibility index (Phi) is 4.96. The topological polar surface area (TPSA) is 40.6 Å². The van der Waals surface area contributed by atoms with E-state index < -0.39 is 20.2 Å². The van der Waals surface area contributed by atoms with Crippen molar-refractivity contribution in [3.63, 3.8) is 0 Å². The maximum Gasteiger partial charge on any atom is 0.501 e. The third-order valence-corrected chi connectivity index (χ3v) is 5.92. The van der Waals surface area contributed by atoms with Gasteiger partial charge in [-0.3, -0.25) is 0 Å². The molecule has 0 spiro atoms. The van der Waals surface area contributed by atoms with Gasteiger partial charge in [0.1, 0.15) is 0 Å². The lowest BCUT2D eigenvalue weighted by Gasteiger charge is -2.41. The number of anilines is 1. The van der Waals surface area contributed by atoms with Gasteiger partial charge in [-0.2, -0.15) is 13.2 Å². The zero-order chi connectivity index (χ0) is 17.4. The number of nitrogens with zero attached hydrogens (tertiary/aromatic N) is 2. The molecule has 2 rings (SSSR count). The molecular formula is C15H21F3N2O2S. The lowest BCUT2D eigenvalue weighted by molar-refractivity contribution is -0.0436. The molecule has 0 radical (unpaired) electrons. The van der Waals surface area contributed by atoms with E-state index in [0.717, 1.165) is 31.6 Å². The third kappa shape index (κ3) is 3.63. The molecule has 2 atom stereocenters. The van der Waals surface area contributed by atoms with E-state index >= 15 is 0 Å². The van der Waals surface area contributed by atoms with Gasteiger partial charge >= 0.3 is 5.51 Å². The summed E-state index contributed by atoms with van der Waals surface area (Å²) in [6, 6.07) is 5.19. The zero-order valence-corrected chi connectivity index (χ0v) is 14.2. The Morgan fingerprint density at radius 1 is 1.22 bits per heavy atom. The van der Waals surface area contributed by atoms with Crippen LogP contribution in [0.2, 0.25) is 0 Å². The standard InChI is InChI=1S/C15H21F3N2O2S/c1-11-10-19(2)9-8-14(11)20(3)12-4-6-13(7-5-12)23(21,22)15(16,17)18/h4-7,11,14H,8-10H2,1-3H3/t11-,14-/m0/s1. The first-order valence-corrected chi connectivity index (χ1v) is 8.85. The van der Waals surface area contributed by atoms with Crippen molar-refractivity contribution in [1.29, 1.82) is 0 Å². The van der Waals surface area contributed by atoms with E-state index in [0.29, 0.717) is 11.6 Å². The highest BCUT2D eigenvalue weighted by Crippen LogP contribution is 2.32. The summed E-state index contributed by atoms with van der Waals surface area (Å²) in [5, 5.41) is 0. The van der Waals surface area contributed by atoms with Crippen LogP contribution in [0.3, 0.4) is 0 Å². The largest absolute Gasteiger partial charge is 0.501 e. The van der Waals surface area contributed by atoms with Crippen LogP contribution in [-0.4, -0.2) is 52.1 Å². The molecule has 23 heavy (non-hydrogen) atoms. The first kappa shape index (κ1) is 18.1. The molecule has 4 nitrogen and oxygen atoms in total. The maximum absolute atomic E-state index is 12.6. The summed E-state index contributed by atoms with van der Waals surface area (Å²) >= 11 is 0. The van der Waals surface area contributed by atoms with Crippen LogP contribution in [0.15, 0.2) is 29.2 Å². The van der Waals surface area contributed by atoms with Crippen LogP contribution in [0, 0.1) is 5.92 Å². The van der Waals surface area contributed by atoms with Crippen molar-refractivity contribution < 1.29 is 21.6 Å². The van der Waals surface area contributed by atoms with Crippen molar-refractivity contribution in [2.24, 2.45) is 5.92 Å². The van der Waals surface area contributed by atoms with E-state index in [1.165, 1.54) is 12.1 Å². The Balaban J connectivity index is 2.20. The number of benzene rings is 1. The molecule has 1 aliphatic heterocycles. The van der Waals surface area contributed by atoms with Crippen molar-refractivity contribution in [1.82, 2.24) is 4.90 Å². The molecule has 0 unspecified atom stereocenters. The summed E-state index contributed by atoms with van der Waals surface area (Å²) < 4.78 is 60.4. The van der Waals surface area contributed by atoms with Crippen molar-refractivity contribution in [3.05, 3.63) is 24.3 Å². The van der Waals surface area contributed by atoms with Crippen molar-refractivity contribution >= 4 is 15.5 Å². The van der Waals surface area contributed by atoms with E-state index in [1.807, 2.05) is 11.9 Å².